The Labute approximate surface area is 213 Å². The topological polar surface area (TPSA) is 58.4 Å². The molecular formula is C28H35FN4O2S. The second kappa shape index (κ2) is 8.92. The third-order valence-electron chi connectivity index (χ3n) is 9.09. The second-order valence-electron chi connectivity index (χ2n) is 11.1. The molecule has 2 bridgehead atoms. The predicted molar refractivity (Wildman–Crippen MR) is 140 cm³/mol. The number of aromatic nitrogens is 2. The number of aryl methyl sites for hydroxylation is 1. The van der Waals surface area contributed by atoms with Crippen molar-refractivity contribution >= 4 is 20.9 Å². The van der Waals surface area contributed by atoms with Crippen molar-refractivity contribution in [2.75, 3.05) is 26.4 Å². The molecule has 0 radical (unpaired) electrons. The van der Waals surface area contributed by atoms with E-state index in [1.54, 1.807) is 30.3 Å². The van der Waals surface area contributed by atoms with E-state index < -0.39 is 9.84 Å². The molecule has 6 rings (SSSR count). The van der Waals surface area contributed by atoms with E-state index in [4.69, 9.17) is 0 Å². The van der Waals surface area contributed by atoms with Crippen molar-refractivity contribution in [3.63, 3.8) is 0 Å². The lowest BCUT2D eigenvalue weighted by Gasteiger charge is -2.44. The van der Waals surface area contributed by atoms with Crippen LogP contribution in [0, 0.1) is 5.82 Å². The van der Waals surface area contributed by atoms with Crippen LogP contribution < -0.4 is 0 Å². The molecule has 0 saturated carbocycles. The van der Waals surface area contributed by atoms with Crippen molar-refractivity contribution in [2.24, 2.45) is 7.05 Å². The second-order valence-corrected chi connectivity index (χ2v) is 13.2. The van der Waals surface area contributed by atoms with Crippen molar-refractivity contribution in [2.45, 2.75) is 67.5 Å². The summed E-state index contributed by atoms with van der Waals surface area (Å²) in [7, 11) is 0.923. The summed E-state index contributed by atoms with van der Waals surface area (Å²) >= 11 is 0. The molecule has 3 aromatic rings. The van der Waals surface area contributed by atoms with Crippen molar-refractivity contribution < 1.29 is 12.8 Å². The summed E-state index contributed by atoms with van der Waals surface area (Å²) in [6.45, 7) is 2.17. The van der Waals surface area contributed by atoms with E-state index in [0.29, 0.717) is 23.3 Å². The Kier molecular flexibility index (Phi) is 5.97. The highest BCUT2D eigenvalue weighted by atomic mass is 32.2. The number of imidazole rings is 1. The summed E-state index contributed by atoms with van der Waals surface area (Å²) in [6, 6.07) is 12.6. The van der Waals surface area contributed by atoms with Gasteiger partial charge in [-0.15, -0.1) is 0 Å². The van der Waals surface area contributed by atoms with Gasteiger partial charge in [0, 0.05) is 37.0 Å². The number of fused-ring (bicyclic) bond motifs is 3. The fraction of sp³-hybridized carbons (Fsp3) is 0.536. The highest BCUT2D eigenvalue weighted by Crippen LogP contribution is 2.39. The number of sulfone groups is 1. The van der Waals surface area contributed by atoms with E-state index in [2.05, 4.69) is 27.9 Å². The average Bonchev–Trinajstić information content (AvgIpc) is 3.27. The van der Waals surface area contributed by atoms with E-state index in [1.165, 1.54) is 31.9 Å². The Hall–Kier alpha value is -2.29. The van der Waals surface area contributed by atoms with Crippen LogP contribution in [0.15, 0.2) is 41.3 Å². The summed E-state index contributed by atoms with van der Waals surface area (Å²) in [6.07, 6.45) is 8.59. The largest absolute Gasteiger partial charge is 0.327 e. The van der Waals surface area contributed by atoms with Gasteiger partial charge in [-0.3, -0.25) is 0 Å². The molecule has 6 nitrogen and oxygen atoms in total. The molecule has 0 N–H and O–H groups in total. The fourth-order valence-electron chi connectivity index (χ4n) is 6.89. The first-order chi connectivity index (χ1) is 17.2. The Morgan fingerprint density at radius 3 is 2.17 bits per heavy atom. The van der Waals surface area contributed by atoms with Crippen molar-refractivity contribution in [1.29, 1.82) is 0 Å². The summed E-state index contributed by atoms with van der Waals surface area (Å²) in [5.41, 5.74) is 2.97. The van der Waals surface area contributed by atoms with Crippen LogP contribution in [0.4, 0.5) is 4.39 Å². The lowest BCUT2D eigenvalue weighted by molar-refractivity contribution is 0.0601. The summed E-state index contributed by atoms with van der Waals surface area (Å²) in [5.74, 6) is 0.703. The number of benzene rings is 2. The molecule has 0 spiro atoms. The van der Waals surface area contributed by atoms with Gasteiger partial charge in [-0.05, 0) is 107 Å². The van der Waals surface area contributed by atoms with Crippen LogP contribution in [0.3, 0.4) is 0 Å². The Morgan fingerprint density at radius 1 is 0.917 bits per heavy atom. The maximum Gasteiger partial charge on any atom is 0.175 e. The number of nitrogens with zero attached hydrogens (tertiary/aromatic N) is 4. The van der Waals surface area contributed by atoms with Crippen LogP contribution in [0.1, 0.15) is 50.0 Å². The molecule has 4 heterocycles. The van der Waals surface area contributed by atoms with Gasteiger partial charge in [-0.2, -0.15) is 0 Å². The molecule has 1 aromatic heterocycles. The molecule has 8 heteroatoms. The smallest absolute Gasteiger partial charge is 0.175 e. The Bertz CT molecular complexity index is 1380. The number of hydrogen-bond donors (Lipinski definition) is 0. The summed E-state index contributed by atoms with van der Waals surface area (Å²) in [4.78, 5) is 10.1. The van der Waals surface area contributed by atoms with Gasteiger partial charge >= 0.3 is 0 Å². The SMILES string of the molecule is CN1C2CCC1CC(N1CCC(c3cc(F)c4nc(-c5ccc(S(C)(=O)=O)cc5)n(C)c4c3)CC1)C2. The monoisotopic (exact) mass is 510 g/mol. The first kappa shape index (κ1) is 24.1. The molecular weight excluding hydrogens is 475 g/mol. The molecule has 0 amide bonds. The zero-order valence-electron chi connectivity index (χ0n) is 21.3. The van der Waals surface area contributed by atoms with Gasteiger partial charge in [0.25, 0.3) is 0 Å². The lowest BCUT2D eigenvalue weighted by atomic mass is 9.87. The molecule has 2 unspecified atom stereocenters. The van der Waals surface area contributed by atoms with Crippen molar-refractivity contribution in [3.05, 3.63) is 47.8 Å². The van der Waals surface area contributed by atoms with Crippen LogP contribution in [0.2, 0.25) is 0 Å². The third kappa shape index (κ3) is 4.17. The van der Waals surface area contributed by atoms with Gasteiger partial charge in [0.2, 0.25) is 0 Å². The van der Waals surface area contributed by atoms with Crippen LogP contribution in [-0.4, -0.2) is 72.3 Å². The van der Waals surface area contributed by atoms with Crippen LogP contribution >= 0.6 is 0 Å². The van der Waals surface area contributed by atoms with Crippen LogP contribution in [0.5, 0.6) is 0 Å². The highest BCUT2D eigenvalue weighted by molar-refractivity contribution is 7.90. The minimum absolute atomic E-state index is 0.262. The molecule has 3 saturated heterocycles. The summed E-state index contributed by atoms with van der Waals surface area (Å²) < 4.78 is 40.8. The molecule has 3 fully saturated rings. The third-order valence-corrected chi connectivity index (χ3v) is 10.2. The van der Waals surface area contributed by atoms with E-state index in [0.717, 1.165) is 54.7 Å². The van der Waals surface area contributed by atoms with Gasteiger partial charge in [0.1, 0.15) is 11.3 Å². The first-order valence-electron chi connectivity index (χ1n) is 13.1. The van der Waals surface area contributed by atoms with Gasteiger partial charge < -0.3 is 14.4 Å². The lowest BCUT2D eigenvalue weighted by Crippen LogP contribution is -2.50. The molecule has 3 aliphatic heterocycles. The molecule has 36 heavy (non-hydrogen) atoms. The first-order valence-corrected chi connectivity index (χ1v) is 15.0. The number of rotatable bonds is 4. The average molecular weight is 511 g/mol. The maximum absolute atomic E-state index is 15.3. The zero-order valence-corrected chi connectivity index (χ0v) is 22.1. The molecule has 192 valence electrons. The zero-order chi connectivity index (χ0) is 25.2. The highest BCUT2D eigenvalue weighted by Gasteiger charge is 2.41. The normalized spacial score (nSPS) is 26.2. The standard InChI is InChI=1S/C28H35FN4O2S/c1-31-21-6-7-22(31)17-23(16-21)33-12-10-18(11-13-33)20-14-25(29)27-26(15-20)32(2)28(30-27)19-4-8-24(9-5-19)36(3,34)35/h4-5,8-9,14-15,18,21-23H,6-7,10-13,16-17H2,1-3H3. The number of hydrogen-bond acceptors (Lipinski definition) is 5. The Balaban J connectivity index is 1.21. The molecule has 3 aliphatic rings. The molecule has 2 atom stereocenters. The van der Waals surface area contributed by atoms with Crippen LogP contribution in [0.25, 0.3) is 22.4 Å². The quantitative estimate of drug-likeness (QED) is 0.514. The van der Waals surface area contributed by atoms with Gasteiger partial charge in [0.05, 0.1) is 10.4 Å². The van der Waals surface area contributed by atoms with Crippen molar-refractivity contribution in [3.8, 4) is 11.4 Å². The van der Waals surface area contributed by atoms with Crippen LogP contribution in [-0.2, 0) is 16.9 Å². The van der Waals surface area contributed by atoms with Gasteiger partial charge in [-0.25, -0.2) is 17.8 Å². The molecule has 2 aromatic carbocycles. The minimum Gasteiger partial charge on any atom is -0.327 e. The van der Waals surface area contributed by atoms with E-state index in [9.17, 15) is 8.42 Å². The van der Waals surface area contributed by atoms with E-state index in [1.807, 2.05) is 11.6 Å². The van der Waals surface area contributed by atoms with Gasteiger partial charge in [-0.1, -0.05) is 0 Å². The predicted octanol–water partition coefficient (Wildman–Crippen LogP) is 4.59. The Morgan fingerprint density at radius 2 is 1.56 bits per heavy atom. The van der Waals surface area contributed by atoms with Gasteiger partial charge in [0.15, 0.2) is 15.7 Å². The van der Waals surface area contributed by atoms with E-state index >= 15 is 4.39 Å². The van der Waals surface area contributed by atoms with E-state index in [-0.39, 0.29) is 10.7 Å². The minimum atomic E-state index is -3.27. The number of halogens is 1. The maximum atomic E-state index is 15.3. The summed E-state index contributed by atoms with van der Waals surface area (Å²) in [5, 5.41) is 0. The van der Waals surface area contributed by atoms with Crippen molar-refractivity contribution in [1.82, 2.24) is 19.4 Å². The number of piperidine rings is 2. The molecule has 0 aliphatic carbocycles. The number of likely N-dealkylation sites (tertiary alicyclic amines) is 1. The fourth-order valence-corrected chi connectivity index (χ4v) is 7.52.